The van der Waals surface area contributed by atoms with Gasteiger partial charge in [0.25, 0.3) is 0 Å². The number of rotatable bonds is 5. The molecule has 0 radical (unpaired) electrons. The summed E-state index contributed by atoms with van der Waals surface area (Å²) in [6, 6.07) is 16.3. The van der Waals surface area contributed by atoms with Crippen molar-refractivity contribution in [2.24, 2.45) is 10.7 Å². The Morgan fingerprint density at radius 2 is 2.07 bits per heavy atom. The van der Waals surface area contributed by atoms with Gasteiger partial charge in [0.15, 0.2) is 11.6 Å². The summed E-state index contributed by atoms with van der Waals surface area (Å²) in [5, 5.41) is 0. The van der Waals surface area contributed by atoms with Crippen LogP contribution in [0.2, 0.25) is 0 Å². The Labute approximate surface area is 164 Å². The van der Waals surface area contributed by atoms with E-state index in [1.54, 1.807) is 12.4 Å². The topological polar surface area (TPSA) is 83.2 Å². The van der Waals surface area contributed by atoms with Crippen LogP contribution in [0.4, 0.5) is 11.6 Å². The number of hydrogen-bond donors (Lipinski definition) is 2. The van der Waals surface area contributed by atoms with E-state index in [1.807, 2.05) is 54.6 Å². The minimum absolute atomic E-state index is 0.505. The minimum atomic E-state index is 0.505. The Morgan fingerprint density at radius 1 is 1.21 bits per heavy atom. The number of benzene rings is 1. The van der Waals surface area contributed by atoms with E-state index in [1.165, 1.54) is 12.8 Å². The molecule has 1 aromatic carbocycles. The lowest BCUT2D eigenvalue weighted by Crippen LogP contribution is -2.26. The summed E-state index contributed by atoms with van der Waals surface area (Å²) in [6.07, 6.45) is 7.70. The lowest BCUT2D eigenvalue weighted by Gasteiger charge is -2.22. The van der Waals surface area contributed by atoms with Gasteiger partial charge in [-0.05, 0) is 43.5 Å². The van der Waals surface area contributed by atoms with Crippen LogP contribution in [0.1, 0.15) is 31.2 Å². The SMILES string of the molecule is C[C@H]1CCCN1c1cccc(N=C(/C=C(\N)c2ccccc2)c2ncc[nH]2)n1. The molecule has 1 aliphatic heterocycles. The van der Waals surface area contributed by atoms with E-state index in [2.05, 4.69) is 21.8 Å². The van der Waals surface area contributed by atoms with Crippen molar-refractivity contribution in [2.45, 2.75) is 25.8 Å². The van der Waals surface area contributed by atoms with Crippen LogP contribution in [-0.4, -0.2) is 33.3 Å². The van der Waals surface area contributed by atoms with Crippen molar-refractivity contribution >= 4 is 23.0 Å². The molecule has 4 rings (SSSR count). The Bertz CT molecular complexity index is 975. The fourth-order valence-corrected chi connectivity index (χ4v) is 3.45. The fourth-order valence-electron chi connectivity index (χ4n) is 3.45. The van der Waals surface area contributed by atoms with Crippen molar-refractivity contribution < 1.29 is 0 Å². The summed E-state index contributed by atoms with van der Waals surface area (Å²) in [5.41, 5.74) is 8.52. The van der Waals surface area contributed by atoms with Crippen molar-refractivity contribution in [3.8, 4) is 0 Å². The van der Waals surface area contributed by atoms with Gasteiger partial charge >= 0.3 is 0 Å². The van der Waals surface area contributed by atoms with E-state index in [9.17, 15) is 0 Å². The van der Waals surface area contributed by atoms with Crippen LogP contribution in [0.5, 0.6) is 0 Å². The molecular weight excluding hydrogens is 348 g/mol. The summed E-state index contributed by atoms with van der Waals surface area (Å²) in [7, 11) is 0. The smallest absolute Gasteiger partial charge is 0.156 e. The van der Waals surface area contributed by atoms with E-state index >= 15 is 0 Å². The largest absolute Gasteiger partial charge is 0.398 e. The highest BCUT2D eigenvalue weighted by Gasteiger charge is 2.21. The Balaban J connectivity index is 1.71. The molecule has 3 heterocycles. The molecule has 3 aromatic rings. The van der Waals surface area contributed by atoms with Crippen molar-refractivity contribution in [3.63, 3.8) is 0 Å². The third-order valence-corrected chi connectivity index (χ3v) is 4.94. The molecule has 0 aliphatic carbocycles. The first-order valence-electron chi connectivity index (χ1n) is 9.55. The number of imidazole rings is 1. The van der Waals surface area contributed by atoms with Gasteiger partial charge in [-0.15, -0.1) is 0 Å². The highest BCUT2D eigenvalue weighted by molar-refractivity contribution is 6.10. The van der Waals surface area contributed by atoms with Gasteiger partial charge in [0, 0.05) is 30.7 Å². The molecule has 0 bridgehead atoms. The van der Waals surface area contributed by atoms with Crippen molar-refractivity contribution in [1.29, 1.82) is 0 Å². The highest BCUT2D eigenvalue weighted by atomic mass is 15.2. The third-order valence-electron chi connectivity index (χ3n) is 4.94. The molecule has 1 fully saturated rings. The van der Waals surface area contributed by atoms with Crippen LogP contribution in [0.25, 0.3) is 5.70 Å². The van der Waals surface area contributed by atoms with Crippen LogP contribution in [0.3, 0.4) is 0 Å². The summed E-state index contributed by atoms with van der Waals surface area (Å²) in [5.74, 6) is 2.26. The number of nitrogens with two attached hydrogens (primary N) is 1. The number of hydrogen-bond acceptors (Lipinski definition) is 5. The first-order chi connectivity index (χ1) is 13.7. The van der Waals surface area contributed by atoms with Gasteiger partial charge in [-0.1, -0.05) is 36.4 Å². The summed E-state index contributed by atoms with van der Waals surface area (Å²) < 4.78 is 0. The lowest BCUT2D eigenvalue weighted by molar-refractivity contribution is 0.727. The van der Waals surface area contributed by atoms with Gasteiger partial charge in [0.1, 0.15) is 11.5 Å². The molecule has 1 saturated heterocycles. The maximum Gasteiger partial charge on any atom is 0.156 e. The fraction of sp³-hybridized carbons (Fsp3) is 0.227. The zero-order valence-electron chi connectivity index (χ0n) is 15.9. The van der Waals surface area contributed by atoms with Gasteiger partial charge in [0.05, 0.1) is 0 Å². The first-order valence-corrected chi connectivity index (χ1v) is 9.55. The summed E-state index contributed by atoms with van der Waals surface area (Å²) in [6.45, 7) is 3.27. The summed E-state index contributed by atoms with van der Waals surface area (Å²) in [4.78, 5) is 19.3. The molecule has 0 spiro atoms. The van der Waals surface area contributed by atoms with Gasteiger partial charge in [-0.2, -0.15) is 0 Å². The van der Waals surface area contributed by atoms with Gasteiger partial charge in [-0.25, -0.2) is 15.0 Å². The number of H-pyrrole nitrogens is 1. The van der Waals surface area contributed by atoms with Gasteiger partial charge < -0.3 is 15.6 Å². The number of aromatic nitrogens is 3. The third kappa shape index (κ3) is 3.96. The maximum absolute atomic E-state index is 6.31. The quantitative estimate of drug-likeness (QED) is 0.665. The van der Waals surface area contributed by atoms with Crippen LogP contribution >= 0.6 is 0 Å². The molecule has 0 unspecified atom stereocenters. The number of aliphatic imine (C=N–C) groups is 1. The average molecular weight is 372 g/mol. The van der Waals surface area contributed by atoms with Gasteiger partial charge in [-0.3, -0.25) is 0 Å². The van der Waals surface area contributed by atoms with E-state index in [-0.39, 0.29) is 0 Å². The molecule has 1 atom stereocenters. The molecule has 0 saturated carbocycles. The zero-order chi connectivity index (χ0) is 19.3. The number of nitrogens with zero attached hydrogens (tertiary/aromatic N) is 4. The van der Waals surface area contributed by atoms with E-state index in [0.717, 1.165) is 17.9 Å². The molecule has 3 N–H and O–H groups in total. The number of aromatic amines is 1. The minimum Gasteiger partial charge on any atom is -0.398 e. The van der Waals surface area contributed by atoms with Crippen LogP contribution in [0, 0.1) is 0 Å². The Kier molecular flexibility index (Phi) is 5.19. The number of nitrogens with one attached hydrogen (secondary N) is 1. The van der Waals surface area contributed by atoms with E-state index < -0.39 is 0 Å². The number of anilines is 1. The zero-order valence-corrected chi connectivity index (χ0v) is 15.9. The summed E-state index contributed by atoms with van der Waals surface area (Å²) >= 11 is 0. The normalized spacial score (nSPS) is 17.9. The molecule has 1 aliphatic rings. The molecule has 6 heteroatoms. The highest BCUT2D eigenvalue weighted by Crippen LogP contribution is 2.25. The standard InChI is InChI=1S/C22H24N6/c1-16-7-6-14-28(16)21-11-5-10-20(27-21)26-19(22-24-12-13-25-22)15-18(23)17-8-3-2-4-9-17/h2-5,8-13,15-16H,6-7,14,23H2,1H3,(H,24,25)/b18-15-,26-19?/t16-/m0/s1. The Hall–Kier alpha value is -3.41. The van der Waals surface area contributed by atoms with Crippen LogP contribution in [0.15, 0.2) is 72.0 Å². The lowest BCUT2D eigenvalue weighted by atomic mass is 10.1. The van der Waals surface area contributed by atoms with Crippen LogP contribution < -0.4 is 10.6 Å². The van der Waals surface area contributed by atoms with Crippen molar-refractivity contribution in [2.75, 3.05) is 11.4 Å². The molecule has 28 heavy (non-hydrogen) atoms. The number of pyridine rings is 1. The molecular formula is C22H24N6. The van der Waals surface area contributed by atoms with Gasteiger partial charge in [0.2, 0.25) is 0 Å². The monoisotopic (exact) mass is 372 g/mol. The van der Waals surface area contributed by atoms with Crippen molar-refractivity contribution in [1.82, 2.24) is 15.0 Å². The van der Waals surface area contributed by atoms with E-state index in [4.69, 9.17) is 15.7 Å². The number of allylic oxidation sites excluding steroid dienone is 1. The molecule has 142 valence electrons. The van der Waals surface area contributed by atoms with Crippen LogP contribution in [-0.2, 0) is 0 Å². The molecule has 2 aromatic heterocycles. The second-order valence-corrected chi connectivity index (χ2v) is 6.94. The van der Waals surface area contributed by atoms with Crippen molar-refractivity contribution in [3.05, 3.63) is 78.4 Å². The second-order valence-electron chi connectivity index (χ2n) is 6.94. The second kappa shape index (κ2) is 8.08. The first kappa shape index (κ1) is 18.0. The predicted molar refractivity (Wildman–Crippen MR) is 114 cm³/mol. The molecule has 6 nitrogen and oxygen atoms in total. The Morgan fingerprint density at radius 3 is 2.79 bits per heavy atom. The maximum atomic E-state index is 6.31. The average Bonchev–Trinajstić information content (AvgIpc) is 3.40. The molecule has 0 amide bonds. The van der Waals surface area contributed by atoms with E-state index in [0.29, 0.717) is 29.1 Å². The predicted octanol–water partition coefficient (Wildman–Crippen LogP) is 3.91.